The molecule has 0 fully saturated rings. The molecular formula is C12H16N4O. The van der Waals surface area contributed by atoms with Gasteiger partial charge in [-0.15, -0.1) is 0 Å². The number of nitrogens with zero attached hydrogens (tertiary/aromatic N) is 2. The molecule has 0 amide bonds. The molecule has 5 nitrogen and oxygen atoms in total. The SMILES string of the molecule is COc1ccc(CNC(C)c2cn[nH]c2)cn1. The van der Waals surface area contributed by atoms with E-state index in [0.717, 1.165) is 17.7 Å². The van der Waals surface area contributed by atoms with Gasteiger partial charge in [0.2, 0.25) is 5.88 Å². The number of H-pyrrole nitrogens is 1. The minimum atomic E-state index is 0.260. The zero-order valence-corrected chi connectivity index (χ0v) is 9.97. The van der Waals surface area contributed by atoms with E-state index in [1.807, 2.05) is 30.7 Å². The van der Waals surface area contributed by atoms with E-state index in [4.69, 9.17) is 4.74 Å². The number of nitrogens with one attached hydrogen (secondary N) is 2. The number of aromatic amines is 1. The van der Waals surface area contributed by atoms with Crippen LogP contribution in [0, 0.1) is 0 Å². The van der Waals surface area contributed by atoms with Gasteiger partial charge in [-0.25, -0.2) is 4.98 Å². The molecule has 5 heteroatoms. The molecule has 0 spiro atoms. The maximum atomic E-state index is 5.01. The van der Waals surface area contributed by atoms with Gasteiger partial charge < -0.3 is 10.1 Å². The summed E-state index contributed by atoms with van der Waals surface area (Å²) in [7, 11) is 1.61. The smallest absolute Gasteiger partial charge is 0.212 e. The summed E-state index contributed by atoms with van der Waals surface area (Å²) < 4.78 is 5.01. The minimum absolute atomic E-state index is 0.260. The van der Waals surface area contributed by atoms with Crippen LogP contribution in [0.25, 0.3) is 0 Å². The lowest BCUT2D eigenvalue weighted by molar-refractivity contribution is 0.397. The lowest BCUT2D eigenvalue weighted by Gasteiger charge is -2.11. The molecule has 0 aliphatic carbocycles. The Hall–Kier alpha value is -1.88. The van der Waals surface area contributed by atoms with Crippen LogP contribution in [0.15, 0.2) is 30.7 Å². The van der Waals surface area contributed by atoms with E-state index < -0.39 is 0 Å². The third-order valence-corrected chi connectivity index (χ3v) is 2.64. The number of rotatable bonds is 5. The Balaban J connectivity index is 1.89. The zero-order valence-electron chi connectivity index (χ0n) is 9.97. The third-order valence-electron chi connectivity index (χ3n) is 2.64. The average molecular weight is 232 g/mol. The predicted molar refractivity (Wildman–Crippen MR) is 64.6 cm³/mol. The second-order valence-electron chi connectivity index (χ2n) is 3.84. The highest BCUT2D eigenvalue weighted by Crippen LogP contribution is 2.11. The summed E-state index contributed by atoms with van der Waals surface area (Å²) in [6, 6.07) is 4.12. The quantitative estimate of drug-likeness (QED) is 0.823. The maximum Gasteiger partial charge on any atom is 0.212 e. The largest absolute Gasteiger partial charge is 0.481 e. The molecule has 90 valence electrons. The fraction of sp³-hybridized carbons (Fsp3) is 0.333. The van der Waals surface area contributed by atoms with Crippen molar-refractivity contribution >= 4 is 0 Å². The lowest BCUT2D eigenvalue weighted by atomic mass is 10.2. The van der Waals surface area contributed by atoms with Gasteiger partial charge in [0, 0.05) is 36.6 Å². The number of pyridine rings is 1. The predicted octanol–water partition coefficient (Wildman–Crippen LogP) is 1.66. The van der Waals surface area contributed by atoms with Gasteiger partial charge in [0.25, 0.3) is 0 Å². The standard InChI is InChI=1S/C12H16N4O/c1-9(11-7-15-16-8-11)13-5-10-3-4-12(17-2)14-6-10/h3-4,6-9,13H,5H2,1-2H3,(H,15,16). The van der Waals surface area contributed by atoms with Gasteiger partial charge in [-0.1, -0.05) is 6.07 Å². The van der Waals surface area contributed by atoms with E-state index in [9.17, 15) is 0 Å². The second kappa shape index (κ2) is 5.45. The molecule has 1 atom stereocenters. The fourth-order valence-corrected chi connectivity index (χ4v) is 1.52. The molecule has 0 saturated carbocycles. The van der Waals surface area contributed by atoms with Crippen molar-refractivity contribution in [2.45, 2.75) is 19.5 Å². The van der Waals surface area contributed by atoms with E-state index in [1.165, 1.54) is 0 Å². The molecule has 17 heavy (non-hydrogen) atoms. The molecule has 0 bridgehead atoms. The molecule has 0 aliphatic rings. The van der Waals surface area contributed by atoms with Crippen molar-refractivity contribution in [1.82, 2.24) is 20.5 Å². The molecule has 2 N–H and O–H groups in total. The van der Waals surface area contributed by atoms with Crippen LogP contribution in [0.5, 0.6) is 5.88 Å². The maximum absolute atomic E-state index is 5.01. The second-order valence-corrected chi connectivity index (χ2v) is 3.84. The van der Waals surface area contributed by atoms with Crippen LogP contribution in [0.2, 0.25) is 0 Å². The number of ether oxygens (including phenoxy) is 1. The zero-order chi connectivity index (χ0) is 12.1. The van der Waals surface area contributed by atoms with E-state index in [0.29, 0.717) is 5.88 Å². The summed E-state index contributed by atoms with van der Waals surface area (Å²) >= 11 is 0. The molecule has 0 aliphatic heterocycles. The Morgan fingerprint density at radius 1 is 1.41 bits per heavy atom. The van der Waals surface area contributed by atoms with Crippen LogP contribution in [0.3, 0.4) is 0 Å². The van der Waals surface area contributed by atoms with Gasteiger partial charge >= 0.3 is 0 Å². The normalized spacial score (nSPS) is 12.4. The van der Waals surface area contributed by atoms with Crippen LogP contribution in [0.4, 0.5) is 0 Å². The van der Waals surface area contributed by atoms with Crippen LogP contribution in [0.1, 0.15) is 24.1 Å². The van der Waals surface area contributed by atoms with Crippen LogP contribution in [-0.2, 0) is 6.54 Å². The number of methoxy groups -OCH3 is 1. The van der Waals surface area contributed by atoms with Crippen LogP contribution < -0.4 is 10.1 Å². The summed E-state index contributed by atoms with van der Waals surface area (Å²) in [6.07, 6.45) is 5.53. The summed E-state index contributed by atoms with van der Waals surface area (Å²) in [6.45, 7) is 2.87. The van der Waals surface area contributed by atoms with Crippen LogP contribution in [-0.4, -0.2) is 22.3 Å². The van der Waals surface area contributed by atoms with Gasteiger partial charge in [-0.05, 0) is 12.5 Å². The van der Waals surface area contributed by atoms with Gasteiger partial charge in [-0.2, -0.15) is 5.10 Å². The molecular weight excluding hydrogens is 216 g/mol. The summed E-state index contributed by atoms with van der Waals surface area (Å²) in [5.74, 6) is 0.636. The van der Waals surface area contributed by atoms with Crippen molar-refractivity contribution in [1.29, 1.82) is 0 Å². The molecule has 2 heterocycles. The van der Waals surface area contributed by atoms with Gasteiger partial charge in [0.05, 0.1) is 13.3 Å². The lowest BCUT2D eigenvalue weighted by Crippen LogP contribution is -2.17. The molecule has 2 aromatic heterocycles. The van der Waals surface area contributed by atoms with E-state index in [1.54, 1.807) is 7.11 Å². The number of hydrogen-bond acceptors (Lipinski definition) is 4. The highest BCUT2D eigenvalue weighted by molar-refractivity contribution is 5.18. The molecule has 2 aromatic rings. The van der Waals surface area contributed by atoms with Crippen molar-refractivity contribution in [2.24, 2.45) is 0 Å². The highest BCUT2D eigenvalue weighted by atomic mass is 16.5. The molecule has 0 saturated heterocycles. The number of aromatic nitrogens is 3. The fourth-order valence-electron chi connectivity index (χ4n) is 1.52. The molecule has 2 rings (SSSR count). The Morgan fingerprint density at radius 3 is 2.88 bits per heavy atom. The number of hydrogen-bond donors (Lipinski definition) is 2. The highest BCUT2D eigenvalue weighted by Gasteiger charge is 2.05. The monoisotopic (exact) mass is 232 g/mol. The first kappa shape index (κ1) is 11.6. The average Bonchev–Trinajstić information content (AvgIpc) is 2.90. The van der Waals surface area contributed by atoms with E-state index in [2.05, 4.69) is 27.4 Å². The molecule has 0 aromatic carbocycles. The summed E-state index contributed by atoms with van der Waals surface area (Å²) in [4.78, 5) is 4.16. The van der Waals surface area contributed by atoms with Gasteiger partial charge in [0.15, 0.2) is 0 Å². The van der Waals surface area contributed by atoms with Crippen molar-refractivity contribution in [2.75, 3.05) is 7.11 Å². The van der Waals surface area contributed by atoms with E-state index in [-0.39, 0.29) is 6.04 Å². The Morgan fingerprint density at radius 2 is 2.29 bits per heavy atom. The van der Waals surface area contributed by atoms with E-state index >= 15 is 0 Å². The Labute approximate surface area is 100 Å². The van der Waals surface area contributed by atoms with Crippen molar-refractivity contribution in [3.8, 4) is 5.88 Å². The summed E-state index contributed by atoms with van der Waals surface area (Å²) in [5, 5.41) is 10.1. The topological polar surface area (TPSA) is 62.8 Å². The first-order chi connectivity index (χ1) is 8.29. The minimum Gasteiger partial charge on any atom is -0.481 e. The first-order valence-electron chi connectivity index (χ1n) is 5.50. The molecule has 0 radical (unpaired) electrons. The Kier molecular flexibility index (Phi) is 3.72. The third kappa shape index (κ3) is 3.04. The first-order valence-corrected chi connectivity index (χ1v) is 5.50. The van der Waals surface area contributed by atoms with Crippen molar-refractivity contribution < 1.29 is 4.74 Å². The molecule has 1 unspecified atom stereocenters. The summed E-state index contributed by atoms with van der Waals surface area (Å²) in [5.41, 5.74) is 2.27. The van der Waals surface area contributed by atoms with Gasteiger partial charge in [-0.3, -0.25) is 5.10 Å². The Bertz CT molecular complexity index is 438. The van der Waals surface area contributed by atoms with Crippen molar-refractivity contribution in [3.05, 3.63) is 41.9 Å². The van der Waals surface area contributed by atoms with Crippen molar-refractivity contribution in [3.63, 3.8) is 0 Å². The van der Waals surface area contributed by atoms with Gasteiger partial charge in [0.1, 0.15) is 0 Å². The van der Waals surface area contributed by atoms with Crippen LogP contribution >= 0.6 is 0 Å².